The molecule has 0 spiro atoms. The Hall–Kier alpha value is -2.68. The van der Waals surface area contributed by atoms with Gasteiger partial charge in [-0.05, 0) is 50.3 Å². The van der Waals surface area contributed by atoms with Crippen molar-refractivity contribution >= 4 is 33.4 Å². The van der Waals surface area contributed by atoms with Gasteiger partial charge < -0.3 is 15.0 Å². The molecule has 1 aromatic heterocycles. The van der Waals surface area contributed by atoms with Gasteiger partial charge in [0, 0.05) is 26.1 Å². The molecule has 3 heterocycles. The number of carbonyl (C=O) groups is 2. The van der Waals surface area contributed by atoms with Gasteiger partial charge in [0.05, 0.1) is 6.61 Å². The van der Waals surface area contributed by atoms with Gasteiger partial charge >= 0.3 is 0 Å². The van der Waals surface area contributed by atoms with Crippen LogP contribution in [-0.2, 0) is 16.0 Å². The number of carbonyl (C=O) groups excluding carboxylic acids is 2. The van der Waals surface area contributed by atoms with E-state index in [1.807, 2.05) is 36.1 Å². The number of hydrogen-bond acceptors (Lipinski definition) is 7. The standard InChI is InChI=1S/C21H27N5O3S/c1-2-29-16-9-7-15(8-10-16)11-12-22-19(28)17-5-3-13-25(17)20-23-24-21(30-20)26-14-4-6-18(26)27/h7-10,17H,2-6,11-14H2,1H3,(H,22,28)/t17-/m1/s1. The van der Waals surface area contributed by atoms with E-state index < -0.39 is 0 Å². The average Bonchev–Trinajstić information content (AvgIpc) is 3.49. The van der Waals surface area contributed by atoms with Crippen LogP contribution in [0.4, 0.5) is 10.3 Å². The number of anilines is 2. The Morgan fingerprint density at radius 2 is 2.00 bits per heavy atom. The minimum atomic E-state index is -0.236. The van der Waals surface area contributed by atoms with E-state index in [4.69, 9.17) is 4.74 Å². The lowest BCUT2D eigenvalue weighted by atomic mass is 10.1. The summed E-state index contributed by atoms with van der Waals surface area (Å²) in [5.41, 5.74) is 1.16. The van der Waals surface area contributed by atoms with Crippen molar-refractivity contribution in [3.05, 3.63) is 29.8 Å². The van der Waals surface area contributed by atoms with Crippen LogP contribution >= 0.6 is 11.3 Å². The molecular weight excluding hydrogens is 402 g/mol. The SMILES string of the molecule is CCOc1ccc(CCNC(=O)[C@H]2CCCN2c2nnc(N3CCCC3=O)s2)cc1. The molecule has 4 rings (SSSR count). The Morgan fingerprint density at radius 1 is 1.20 bits per heavy atom. The molecule has 160 valence electrons. The fraction of sp³-hybridized carbons (Fsp3) is 0.524. The van der Waals surface area contributed by atoms with Crippen LogP contribution < -0.4 is 19.9 Å². The number of nitrogens with zero attached hydrogens (tertiary/aromatic N) is 4. The minimum absolute atomic E-state index is 0.0208. The van der Waals surface area contributed by atoms with Crippen molar-refractivity contribution in [3.8, 4) is 5.75 Å². The number of amides is 2. The summed E-state index contributed by atoms with van der Waals surface area (Å²) in [5, 5.41) is 12.9. The number of benzene rings is 1. The normalized spacial score (nSPS) is 18.8. The molecule has 1 N–H and O–H groups in total. The quantitative estimate of drug-likeness (QED) is 0.693. The number of hydrogen-bond donors (Lipinski definition) is 1. The Balaban J connectivity index is 1.31. The highest BCUT2D eigenvalue weighted by atomic mass is 32.1. The molecule has 2 fully saturated rings. The molecule has 30 heavy (non-hydrogen) atoms. The summed E-state index contributed by atoms with van der Waals surface area (Å²) in [4.78, 5) is 28.5. The molecule has 8 nitrogen and oxygen atoms in total. The highest BCUT2D eigenvalue weighted by Crippen LogP contribution is 2.33. The van der Waals surface area contributed by atoms with Crippen molar-refractivity contribution in [2.24, 2.45) is 0 Å². The Bertz CT molecular complexity index is 885. The predicted molar refractivity (Wildman–Crippen MR) is 116 cm³/mol. The lowest BCUT2D eigenvalue weighted by Gasteiger charge is -2.22. The number of aromatic nitrogens is 2. The van der Waals surface area contributed by atoms with Gasteiger partial charge in [-0.25, -0.2) is 0 Å². The second-order valence-corrected chi connectivity index (χ2v) is 8.42. The summed E-state index contributed by atoms with van der Waals surface area (Å²) < 4.78 is 5.46. The molecule has 2 aliphatic heterocycles. The topological polar surface area (TPSA) is 87.7 Å². The van der Waals surface area contributed by atoms with Gasteiger partial charge in [0.1, 0.15) is 11.8 Å². The summed E-state index contributed by atoms with van der Waals surface area (Å²) >= 11 is 1.40. The Labute approximate surface area is 180 Å². The van der Waals surface area contributed by atoms with Crippen molar-refractivity contribution in [2.45, 2.75) is 45.1 Å². The second-order valence-electron chi connectivity index (χ2n) is 7.49. The maximum atomic E-state index is 12.8. The maximum absolute atomic E-state index is 12.8. The summed E-state index contributed by atoms with van der Waals surface area (Å²) in [5.74, 6) is 0.981. The molecule has 1 aromatic carbocycles. The number of rotatable bonds is 8. The van der Waals surface area contributed by atoms with Crippen molar-refractivity contribution in [1.29, 1.82) is 0 Å². The maximum Gasteiger partial charge on any atom is 0.242 e. The lowest BCUT2D eigenvalue weighted by molar-refractivity contribution is -0.122. The zero-order chi connectivity index (χ0) is 20.9. The first-order chi connectivity index (χ1) is 14.7. The fourth-order valence-electron chi connectivity index (χ4n) is 3.92. The van der Waals surface area contributed by atoms with Crippen LogP contribution in [0.5, 0.6) is 5.75 Å². The van der Waals surface area contributed by atoms with Gasteiger partial charge in [-0.2, -0.15) is 0 Å². The molecule has 2 saturated heterocycles. The molecule has 0 unspecified atom stereocenters. The fourth-order valence-corrected chi connectivity index (χ4v) is 4.88. The van der Waals surface area contributed by atoms with Gasteiger partial charge in [0.2, 0.25) is 22.1 Å². The van der Waals surface area contributed by atoms with Crippen molar-refractivity contribution < 1.29 is 14.3 Å². The van der Waals surface area contributed by atoms with E-state index in [2.05, 4.69) is 15.5 Å². The average molecular weight is 430 g/mol. The van der Waals surface area contributed by atoms with E-state index >= 15 is 0 Å². The van der Waals surface area contributed by atoms with Crippen LogP contribution in [0.25, 0.3) is 0 Å². The molecule has 9 heteroatoms. The molecular formula is C21H27N5O3S. The molecule has 2 aromatic rings. The van der Waals surface area contributed by atoms with Crippen LogP contribution in [-0.4, -0.2) is 54.3 Å². The summed E-state index contributed by atoms with van der Waals surface area (Å²) in [6.07, 6.45) is 3.93. The van der Waals surface area contributed by atoms with E-state index in [-0.39, 0.29) is 17.9 Å². The van der Waals surface area contributed by atoms with Crippen LogP contribution in [0.3, 0.4) is 0 Å². The van der Waals surface area contributed by atoms with Crippen molar-refractivity contribution in [1.82, 2.24) is 15.5 Å². The molecule has 2 amide bonds. The molecule has 0 bridgehead atoms. The smallest absolute Gasteiger partial charge is 0.242 e. The van der Waals surface area contributed by atoms with Crippen LogP contribution in [0, 0.1) is 0 Å². The molecule has 0 radical (unpaired) electrons. The Morgan fingerprint density at radius 3 is 2.73 bits per heavy atom. The highest BCUT2D eigenvalue weighted by Gasteiger charge is 2.34. The third kappa shape index (κ3) is 4.56. The van der Waals surface area contributed by atoms with E-state index in [0.717, 1.165) is 43.5 Å². The third-order valence-corrected chi connectivity index (χ3v) is 6.44. The van der Waals surface area contributed by atoms with Gasteiger partial charge in [0.15, 0.2) is 0 Å². The first-order valence-electron chi connectivity index (χ1n) is 10.6. The van der Waals surface area contributed by atoms with Gasteiger partial charge in [-0.3, -0.25) is 14.5 Å². The third-order valence-electron chi connectivity index (χ3n) is 5.46. The predicted octanol–water partition coefficient (Wildman–Crippen LogP) is 2.39. The zero-order valence-corrected chi connectivity index (χ0v) is 18.0. The van der Waals surface area contributed by atoms with Gasteiger partial charge in [-0.15, -0.1) is 10.2 Å². The van der Waals surface area contributed by atoms with Crippen molar-refractivity contribution in [3.63, 3.8) is 0 Å². The summed E-state index contributed by atoms with van der Waals surface area (Å²) in [7, 11) is 0. The van der Waals surface area contributed by atoms with Gasteiger partial charge in [0.25, 0.3) is 0 Å². The second kappa shape index (κ2) is 9.42. The van der Waals surface area contributed by atoms with Crippen LogP contribution in [0.15, 0.2) is 24.3 Å². The van der Waals surface area contributed by atoms with Gasteiger partial charge in [-0.1, -0.05) is 23.5 Å². The lowest BCUT2D eigenvalue weighted by Crippen LogP contribution is -2.44. The zero-order valence-electron chi connectivity index (χ0n) is 17.2. The number of nitrogens with one attached hydrogen (secondary N) is 1. The van der Waals surface area contributed by atoms with E-state index in [1.165, 1.54) is 11.3 Å². The molecule has 0 saturated carbocycles. The first kappa shape index (κ1) is 20.6. The molecule has 2 aliphatic rings. The highest BCUT2D eigenvalue weighted by molar-refractivity contribution is 7.19. The molecule has 0 aliphatic carbocycles. The molecule has 1 atom stereocenters. The minimum Gasteiger partial charge on any atom is -0.494 e. The Kier molecular flexibility index (Phi) is 6.47. The monoisotopic (exact) mass is 429 g/mol. The first-order valence-corrected chi connectivity index (χ1v) is 11.4. The summed E-state index contributed by atoms with van der Waals surface area (Å²) in [6, 6.07) is 7.73. The van der Waals surface area contributed by atoms with E-state index in [9.17, 15) is 9.59 Å². The van der Waals surface area contributed by atoms with E-state index in [1.54, 1.807) is 4.90 Å². The summed E-state index contributed by atoms with van der Waals surface area (Å²) in [6.45, 7) is 4.67. The van der Waals surface area contributed by atoms with Crippen molar-refractivity contribution in [2.75, 3.05) is 36.0 Å². The van der Waals surface area contributed by atoms with E-state index in [0.29, 0.717) is 36.4 Å². The van der Waals surface area contributed by atoms with Crippen LogP contribution in [0.2, 0.25) is 0 Å². The largest absolute Gasteiger partial charge is 0.494 e. The van der Waals surface area contributed by atoms with Crippen LogP contribution in [0.1, 0.15) is 38.2 Å². The number of ether oxygens (including phenoxy) is 1.